The molecule has 1 atom stereocenters. The lowest BCUT2D eigenvalue weighted by atomic mass is 10.2. The van der Waals surface area contributed by atoms with Gasteiger partial charge in [0, 0.05) is 57.6 Å². The predicted molar refractivity (Wildman–Crippen MR) is 108 cm³/mol. The van der Waals surface area contributed by atoms with E-state index in [-0.39, 0.29) is 0 Å². The van der Waals surface area contributed by atoms with Crippen LogP contribution in [0, 0.1) is 0 Å². The Hall–Kier alpha value is -1.99. The van der Waals surface area contributed by atoms with Crippen LogP contribution in [0.2, 0.25) is 0 Å². The highest BCUT2D eigenvalue weighted by molar-refractivity contribution is 5.93. The molecule has 1 aromatic rings. The highest BCUT2D eigenvalue weighted by atomic mass is 16.5. The number of nitrogens with one attached hydrogen (secondary N) is 2. The Labute approximate surface area is 157 Å². The molecule has 1 saturated heterocycles. The van der Waals surface area contributed by atoms with Crippen LogP contribution in [0.4, 0.5) is 5.69 Å². The summed E-state index contributed by atoms with van der Waals surface area (Å²) in [6, 6.07) is 6.24. The standard InChI is InChI=1S/C19H33N5O2/c1-6-26-17-8-7-16(13-18(17)25-5)22-19(20-3)21-14-15(2)24-11-9-23(4)10-12-24/h7-8,13,15H,6,9-12,14H2,1-5H3,(H2,20,21,22). The molecule has 1 fully saturated rings. The number of likely N-dealkylation sites (N-methyl/N-ethyl adjacent to an activating group) is 1. The van der Waals surface area contributed by atoms with Gasteiger partial charge in [0.1, 0.15) is 0 Å². The Bertz CT molecular complexity index is 585. The first-order chi connectivity index (χ1) is 12.6. The van der Waals surface area contributed by atoms with Crippen LogP contribution in [-0.2, 0) is 0 Å². The number of benzene rings is 1. The summed E-state index contributed by atoms with van der Waals surface area (Å²) in [7, 11) is 5.60. The zero-order chi connectivity index (χ0) is 18.9. The molecule has 2 N–H and O–H groups in total. The summed E-state index contributed by atoms with van der Waals surface area (Å²) in [5, 5.41) is 6.73. The Morgan fingerprint density at radius 1 is 1.23 bits per heavy atom. The van der Waals surface area contributed by atoms with Crippen molar-refractivity contribution in [3.8, 4) is 11.5 Å². The molecule has 0 radical (unpaired) electrons. The number of piperazine rings is 1. The second-order valence-electron chi connectivity index (χ2n) is 6.57. The van der Waals surface area contributed by atoms with E-state index in [1.807, 2.05) is 25.1 Å². The molecule has 7 heteroatoms. The quantitative estimate of drug-likeness (QED) is 0.568. The monoisotopic (exact) mass is 363 g/mol. The molecule has 26 heavy (non-hydrogen) atoms. The van der Waals surface area contributed by atoms with Crippen molar-refractivity contribution in [1.82, 2.24) is 15.1 Å². The van der Waals surface area contributed by atoms with Gasteiger partial charge in [-0.1, -0.05) is 0 Å². The molecule has 1 aromatic carbocycles. The summed E-state index contributed by atoms with van der Waals surface area (Å²) in [6.07, 6.45) is 0. The first-order valence-electron chi connectivity index (χ1n) is 9.28. The molecule has 0 amide bonds. The van der Waals surface area contributed by atoms with E-state index in [2.05, 4.69) is 39.4 Å². The van der Waals surface area contributed by atoms with Gasteiger partial charge in [0.25, 0.3) is 0 Å². The first kappa shape index (κ1) is 20.3. The summed E-state index contributed by atoms with van der Waals surface area (Å²) >= 11 is 0. The van der Waals surface area contributed by atoms with Crippen molar-refractivity contribution in [2.45, 2.75) is 19.9 Å². The van der Waals surface area contributed by atoms with E-state index >= 15 is 0 Å². The van der Waals surface area contributed by atoms with Crippen LogP contribution in [0.1, 0.15) is 13.8 Å². The number of anilines is 1. The topological polar surface area (TPSA) is 61.4 Å². The van der Waals surface area contributed by atoms with Gasteiger partial charge in [0.15, 0.2) is 17.5 Å². The van der Waals surface area contributed by atoms with E-state index < -0.39 is 0 Å². The third-order valence-electron chi connectivity index (χ3n) is 4.68. The number of ether oxygens (including phenoxy) is 2. The molecule has 1 aliphatic rings. The summed E-state index contributed by atoms with van der Waals surface area (Å²) in [5.74, 6) is 2.20. The Morgan fingerprint density at radius 2 is 1.96 bits per heavy atom. The lowest BCUT2D eigenvalue weighted by Crippen LogP contribution is -2.51. The Morgan fingerprint density at radius 3 is 2.58 bits per heavy atom. The average Bonchev–Trinajstić information content (AvgIpc) is 2.66. The lowest BCUT2D eigenvalue weighted by molar-refractivity contribution is 0.120. The highest BCUT2D eigenvalue weighted by Crippen LogP contribution is 2.30. The van der Waals surface area contributed by atoms with Gasteiger partial charge in [0.2, 0.25) is 0 Å². The van der Waals surface area contributed by atoms with Crippen molar-refractivity contribution in [3.63, 3.8) is 0 Å². The van der Waals surface area contributed by atoms with Gasteiger partial charge in [-0.15, -0.1) is 0 Å². The van der Waals surface area contributed by atoms with Crippen LogP contribution >= 0.6 is 0 Å². The Kier molecular flexibility index (Phi) is 8.00. The summed E-state index contributed by atoms with van der Waals surface area (Å²) in [6.45, 7) is 10.1. The minimum absolute atomic E-state index is 0.456. The van der Waals surface area contributed by atoms with Crippen molar-refractivity contribution in [3.05, 3.63) is 18.2 Å². The molecule has 1 heterocycles. The second kappa shape index (κ2) is 10.2. The highest BCUT2D eigenvalue weighted by Gasteiger charge is 2.19. The normalized spacial score (nSPS) is 17.7. The fourth-order valence-electron chi connectivity index (χ4n) is 2.97. The summed E-state index contributed by atoms with van der Waals surface area (Å²) in [4.78, 5) is 9.21. The maximum atomic E-state index is 5.56. The van der Waals surface area contributed by atoms with Crippen LogP contribution in [-0.4, -0.2) is 82.3 Å². The van der Waals surface area contributed by atoms with Crippen LogP contribution in [0.25, 0.3) is 0 Å². The van der Waals surface area contributed by atoms with Crippen LogP contribution < -0.4 is 20.1 Å². The van der Waals surface area contributed by atoms with Crippen molar-refractivity contribution in [1.29, 1.82) is 0 Å². The number of nitrogens with zero attached hydrogens (tertiary/aromatic N) is 3. The molecule has 146 valence electrons. The van der Waals surface area contributed by atoms with Gasteiger partial charge in [-0.25, -0.2) is 0 Å². The number of hydrogen-bond acceptors (Lipinski definition) is 5. The van der Waals surface area contributed by atoms with E-state index in [9.17, 15) is 0 Å². The van der Waals surface area contributed by atoms with Gasteiger partial charge in [-0.05, 0) is 33.0 Å². The second-order valence-corrected chi connectivity index (χ2v) is 6.57. The van der Waals surface area contributed by atoms with Crippen LogP contribution in [0.3, 0.4) is 0 Å². The van der Waals surface area contributed by atoms with Crippen molar-refractivity contribution in [2.75, 3.05) is 65.9 Å². The number of aliphatic imine (C=N–C) groups is 1. The molecular formula is C19H33N5O2. The minimum atomic E-state index is 0.456. The van der Waals surface area contributed by atoms with Gasteiger partial charge in [0.05, 0.1) is 13.7 Å². The smallest absolute Gasteiger partial charge is 0.195 e. The lowest BCUT2D eigenvalue weighted by Gasteiger charge is -2.36. The predicted octanol–water partition coefficient (Wildman–Crippen LogP) is 1.72. The SMILES string of the molecule is CCOc1ccc(NC(=NC)NCC(C)N2CCN(C)CC2)cc1OC. The van der Waals surface area contributed by atoms with E-state index in [1.165, 1.54) is 0 Å². The van der Waals surface area contributed by atoms with Crippen LogP contribution in [0.5, 0.6) is 11.5 Å². The molecule has 1 aliphatic heterocycles. The van der Waals surface area contributed by atoms with Gasteiger partial charge in [-0.2, -0.15) is 0 Å². The largest absolute Gasteiger partial charge is 0.493 e. The van der Waals surface area contributed by atoms with Gasteiger partial charge >= 0.3 is 0 Å². The number of guanidine groups is 1. The summed E-state index contributed by atoms with van der Waals surface area (Å²) < 4.78 is 11.0. The molecule has 1 unspecified atom stereocenters. The van der Waals surface area contributed by atoms with Gasteiger partial charge in [-0.3, -0.25) is 9.89 Å². The molecule has 0 spiro atoms. The molecular weight excluding hydrogens is 330 g/mol. The Balaban J connectivity index is 1.89. The molecule has 7 nitrogen and oxygen atoms in total. The van der Waals surface area contributed by atoms with Gasteiger partial charge < -0.3 is 25.0 Å². The fourth-order valence-corrected chi connectivity index (χ4v) is 2.97. The van der Waals surface area contributed by atoms with E-state index in [1.54, 1.807) is 14.2 Å². The maximum absolute atomic E-state index is 5.56. The van der Waals surface area contributed by atoms with Crippen molar-refractivity contribution >= 4 is 11.6 Å². The van der Waals surface area contributed by atoms with E-state index in [4.69, 9.17) is 9.47 Å². The van der Waals surface area contributed by atoms with E-state index in [0.29, 0.717) is 18.4 Å². The third-order valence-corrected chi connectivity index (χ3v) is 4.68. The van der Waals surface area contributed by atoms with Crippen molar-refractivity contribution < 1.29 is 9.47 Å². The zero-order valence-corrected chi connectivity index (χ0v) is 16.7. The third kappa shape index (κ3) is 5.78. The molecule has 2 rings (SSSR count). The van der Waals surface area contributed by atoms with Crippen molar-refractivity contribution in [2.24, 2.45) is 4.99 Å². The molecule has 0 aliphatic carbocycles. The number of rotatable bonds is 7. The number of methoxy groups -OCH3 is 1. The van der Waals surface area contributed by atoms with Crippen LogP contribution in [0.15, 0.2) is 23.2 Å². The minimum Gasteiger partial charge on any atom is -0.493 e. The van der Waals surface area contributed by atoms with E-state index in [0.717, 1.165) is 50.1 Å². The fraction of sp³-hybridized carbons (Fsp3) is 0.632. The molecule has 0 saturated carbocycles. The number of hydrogen-bond donors (Lipinski definition) is 2. The average molecular weight is 364 g/mol. The summed E-state index contributed by atoms with van der Waals surface area (Å²) in [5.41, 5.74) is 0.908. The first-order valence-corrected chi connectivity index (χ1v) is 9.28. The zero-order valence-electron chi connectivity index (χ0n) is 16.7. The molecule has 0 aromatic heterocycles. The maximum Gasteiger partial charge on any atom is 0.195 e. The molecule has 0 bridgehead atoms.